The Hall–Kier alpha value is -1.95. The fourth-order valence-electron chi connectivity index (χ4n) is 1.75. The minimum atomic E-state index is -0.888. The van der Waals surface area contributed by atoms with Gasteiger partial charge < -0.3 is 5.11 Å². The number of carboxylic acids is 1. The predicted octanol–water partition coefficient (Wildman–Crippen LogP) is 1.56. The molecule has 0 amide bonds. The van der Waals surface area contributed by atoms with Gasteiger partial charge in [0.25, 0.3) is 0 Å². The Labute approximate surface area is 108 Å². The smallest absolute Gasteiger partial charge is 0.307 e. The lowest BCUT2D eigenvalue weighted by atomic mass is 10.1. The van der Waals surface area contributed by atoms with Crippen molar-refractivity contribution in [3.8, 4) is 5.82 Å². The van der Waals surface area contributed by atoms with Gasteiger partial charge in [0.1, 0.15) is 11.5 Å². The second kappa shape index (κ2) is 4.73. The highest BCUT2D eigenvalue weighted by Gasteiger charge is 2.16. The molecule has 1 N–H and O–H groups in total. The maximum absolute atomic E-state index is 10.8. The van der Waals surface area contributed by atoms with Crippen molar-refractivity contribution in [1.82, 2.24) is 19.7 Å². The Morgan fingerprint density at radius 3 is 2.78 bits per heavy atom. The third kappa shape index (κ3) is 2.33. The van der Waals surface area contributed by atoms with Crippen molar-refractivity contribution < 1.29 is 9.90 Å². The highest BCUT2D eigenvalue weighted by Crippen LogP contribution is 2.18. The maximum atomic E-state index is 10.8. The van der Waals surface area contributed by atoms with Gasteiger partial charge in [-0.05, 0) is 13.8 Å². The second-order valence-electron chi connectivity index (χ2n) is 3.83. The number of halogens is 1. The van der Waals surface area contributed by atoms with Crippen LogP contribution >= 0.6 is 11.6 Å². The van der Waals surface area contributed by atoms with Crippen molar-refractivity contribution in [1.29, 1.82) is 0 Å². The summed E-state index contributed by atoms with van der Waals surface area (Å²) in [6.07, 6.45) is 1.28. The molecule has 0 radical (unpaired) electrons. The molecule has 2 rings (SSSR count). The second-order valence-corrected chi connectivity index (χ2v) is 4.22. The first kappa shape index (κ1) is 12.5. The highest BCUT2D eigenvalue weighted by atomic mass is 35.5. The molecule has 0 aromatic carbocycles. The van der Waals surface area contributed by atoms with Gasteiger partial charge in [-0.3, -0.25) is 4.79 Å². The average Bonchev–Trinajstić information content (AvgIpc) is 2.56. The van der Waals surface area contributed by atoms with Crippen LogP contribution in [0.3, 0.4) is 0 Å². The van der Waals surface area contributed by atoms with Crippen molar-refractivity contribution >= 4 is 17.6 Å². The molecule has 0 saturated heterocycles. The number of nitrogens with zero attached hydrogens (tertiary/aromatic N) is 4. The summed E-state index contributed by atoms with van der Waals surface area (Å²) in [5.41, 5.74) is 2.10. The minimum Gasteiger partial charge on any atom is -0.481 e. The number of rotatable bonds is 3. The summed E-state index contributed by atoms with van der Waals surface area (Å²) in [5.74, 6) is -0.367. The van der Waals surface area contributed by atoms with Crippen LogP contribution in [0.5, 0.6) is 0 Å². The van der Waals surface area contributed by atoms with Gasteiger partial charge in [-0.2, -0.15) is 5.10 Å². The molecule has 0 fully saturated rings. The molecule has 0 unspecified atom stereocenters. The molecule has 94 valence electrons. The van der Waals surface area contributed by atoms with E-state index < -0.39 is 5.97 Å². The normalized spacial score (nSPS) is 10.6. The summed E-state index contributed by atoms with van der Waals surface area (Å²) in [7, 11) is 0. The van der Waals surface area contributed by atoms with Crippen LogP contribution in [-0.2, 0) is 11.2 Å². The SMILES string of the molecule is Cc1nn(-c2cc(Cl)ncn2)c(C)c1CC(=O)O. The number of aromatic nitrogens is 4. The summed E-state index contributed by atoms with van der Waals surface area (Å²) < 4.78 is 1.57. The van der Waals surface area contributed by atoms with E-state index in [1.807, 2.05) is 0 Å². The van der Waals surface area contributed by atoms with Gasteiger partial charge in [-0.25, -0.2) is 14.6 Å². The van der Waals surface area contributed by atoms with Crippen LogP contribution in [0.4, 0.5) is 0 Å². The molecule has 2 heterocycles. The Morgan fingerprint density at radius 1 is 1.44 bits per heavy atom. The molecule has 2 aromatic heterocycles. The zero-order valence-corrected chi connectivity index (χ0v) is 10.6. The van der Waals surface area contributed by atoms with Crippen LogP contribution in [0.2, 0.25) is 5.15 Å². The van der Waals surface area contributed by atoms with Crippen molar-refractivity contribution in [2.75, 3.05) is 0 Å². The van der Waals surface area contributed by atoms with E-state index in [9.17, 15) is 4.79 Å². The fraction of sp³-hybridized carbons (Fsp3) is 0.273. The van der Waals surface area contributed by atoms with E-state index in [0.29, 0.717) is 22.2 Å². The van der Waals surface area contributed by atoms with Gasteiger partial charge in [-0.15, -0.1) is 0 Å². The van der Waals surface area contributed by atoms with Crippen LogP contribution in [0.25, 0.3) is 5.82 Å². The van der Waals surface area contributed by atoms with Gasteiger partial charge in [0.2, 0.25) is 0 Å². The quantitative estimate of drug-likeness (QED) is 0.853. The number of hydrogen-bond donors (Lipinski definition) is 1. The maximum Gasteiger partial charge on any atom is 0.307 e. The Balaban J connectivity index is 2.50. The van der Waals surface area contributed by atoms with Gasteiger partial charge in [0, 0.05) is 17.3 Å². The molecule has 7 heteroatoms. The van der Waals surface area contributed by atoms with Crippen molar-refractivity contribution in [3.63, 3.8) is 0 Å². The lowest BCUT2D eigenvalue weighted by Crippen LogP contribution is -2.05. The molecule has 0 bridgehead atoms. The van der Waals surface area contributed by atoms with E-state index in [1.165, 1.54) is 6.33 Å². The van der Waals surface area contributed by atoms with E-state index in [0.717, 1.165) is 5.69 Å². The van der Waals surface area contributed by atoms with Crippen molar-refractivity contribution in [2.24, 2.45) is 0 Å². The van der Waals surface area contributed by atoms with Crippen LogP contribution in [0.1, 0.15) is 17.0 Å². The number of aryl methyl sites for hydroxylation is 1. The summed E-state index contributed by atoms with van der Waals surface area (Å²) in [4.78, 5) is 18.6. The van der Waals surface area contributed by atoms with Crippen LogP contribution in [0, 0.1) is 13.8 Å². The molecule has 18 heavy (non-hydrogen) atoms. The summed E-state index contributed by atoms with van der Waals surface area (Å²) >= 11 is 5.79. The molecule has 0 aliphatic heterocycles. The van der Waals surface area contributed by atoms with E-state index >= 15 is 0 Å². The predicted molar refractivity (Wildman–Crippen MR) is 65.0 cm³/mol. The van der Waals surface area contributed by atoms with Crippen molar-refractivity contribution in [3.05, 3.63) is 34.5 Å². The lowest BCUT2D eigenvalue weighted by Gasteiger charge is -2.03. The standard InChI is InChI=1S/C11H11ClN4O2/c1-6-8(3-11(17)18)7(2)16(15-6)10-4-9(12)13-5-14-10/h4-5H,3H2,1-2H3,(H,17,18). The largest absolute Gasteiger partial charge is 0.481 e. The zero-order chi connectivity index (χ0) is 13.3. The summed E-state index contributed by atoms with van der Waals surface area (Å²) in [6.45, 7) is 3.57. The lowest BCUT2D eigenvalue weighted by molar-refractivity contribution is -0.136. The van der Waals surface area contributed by atoms with E-state index in [-0.39, 0.29) is 6.42 Å². The van der Waals surface area contributed by atoms with Gasteiger partial charge in [0.05, 0.1) is 12.1 Å². The number of hydrogen-bond acceptors (Lipinski definition) is 4. The third-order valence-corrected chi connectivity index (χ3v) is 2.81. The fourth-order valence-corrected chi connectivity index (χ4v) is 1.89. The van der Waals surface area contributed by atoms with E-state index in [1.54, 1.807) is 24.6 Å². The molecule has 0 atom stereocenters. The molecule has 0 aliphatic carbocycles. The minimum absolute atomic E-state index is 0.0590. The molecular formula is C11H11ClN4O2. The van der Waals surface area contributed by atoms with E-state index in [2.05, 4.69) is 15.1 Å². The van der Waals surface area contributed by atoms with Crippen LogP contribution < -0.4 is 0 Å². The Bertz CT molecular complexity index is 609. The number of carbonyl (C=O) groups is 1. The number of carboxylic acid groups (broad SMARTS) is 1. The average molecular weight is 267 g/mol. The highest BCUT2D eigenvalue weighted by molar-refractivity contribution is 6.29. The van der Waals surface area contributed by atoms with Gasteiger partial charge >= 0.3 is 5.97 Å². The molecule has 0 saturated carbocycles. The summed E-state index contributed by atoms with van der Waals surface area (Å²) in [6, 6.07) is 1.57. The first-order valence-corrected chi connectivity index (χ1v) is 5.61. The molecule has 2 aromatic rings. The molecule has 0 aliphatic rings. The third-order valence-electron chi connectivity index (χ3n) is 2.61. The zero-order valence-electron chi connectivity index (χ0n) is 9.88. The van der Waals surface area contributed by atoms with Crippen molar-refractivity contribution in [2.45, 2.75) is 20.3 Å². The van der Waals surface area contributed by atoms with Gasteiger partial charge in [0.15, 0.2) is 5.82 Å². The topological polar surface area (TPSA) is 80.9 Å². The van der Waals surface area contributed by atoms with E-state index in [4.69, 9.17) is 16.7 Å². The van der Waals surface area contributed by atoms with Crippen LogP contribution in [-0.4, -0.2) is 30.8 Å². The Morgan fingerprint density at radius 2 is 2.17 bits per heavy atom. The molecular weight excluding hydrogens is 256 g/mol. The Kier molecular flexibility index (Phi) is 3.29. The van der Waals surface area contributed by atoms with Crippen LogP contribution in [0.15, 0.2) is 12.4 Å². The summed E-state index contributed by atoms with van der Waals surface area (Å²) in [5, 5.41) is 13.4. The monoisotopic (exact) mass is 266 g/mol. The number of aliphatic carboxylic acids is 1. The molecule has 6 nitrogen and oxygen atoms in total. The first-order chi connectivity index (χ1) is 8.49. The first-order valence-electron chi connectivity index (χ1n) is 5.24. The van der Waals surface area contributed by atoms with Gasteiger partial charge in [-0.1, -0.05) is 11.6 Å². The molecule has 0 spiro atoms.